The fourth-order valence-electron chi connectivity index (χ4n) is 2.97. The molecule has 1 atom stereocenters. The highest BCUT2D eigenvalue weighted by Crippen LogP contribution is 2.47. The van der Waals surface area contributed by atoms with Crippen molar-refractivity contribution in [3.63, 3.8) is 0 Å². The van der Waals surface area contributed by atoms with Crippen molar-refractivity contribution in [1.82, 2.24) is 0 Å². The summed E-state index contributed by atoms with van der Waals surface area (Å²) >= 11 is 0. The van der Waals surface area contributed by atoms with Crippen LogP contribution in [0.1, 0.15) is 29.2 Å². The highest BCUT2D eigenvalue weighted by atomic mass is 31.2. The Hall–Kier alpha value is -1.37. The highest BCUT2D eigenvalue weighted by Gasteiger charge is 2.32. The molecular formula is C18H23O2P. The smallest absolute Gasteiger partial charge is 0.262 e. The maximum absolute atomic E-state index is 13.8. The largest absolute Gasteiger partial charge is 0.322 e. The van der Waals surface area contributed by atoms with E-state index in [0.717, 1.165) is 27.3 Å². The van der Waals surface area contributed by atoms with Gasteiger partial charge < -0.3 is 4.52 Å². The Kier molecular flexibility index (Phi) is 4.70. The lowest BCUT2D eigenvalue weighted by Crippen LogP contribution is -2.24. The second-order valence-corrected chi connectivity index (χ2v) is 7.79. The summed E-state index contributed by atoms with van der Waals surface area (Å²) in [4.78, 5) is 0. The van der Waals surface area contributed by atoms with Crippen LogP contribution in [0.2, 0.25) is 0 Å². The zero-order chi connectivity index (χ0) is 15.6. The molecule has 0 amide bonds. The van der Waals surface area contributed by atoms with Gasteiger partial charge in [-0.25, -0.2) is 0 Å². The van der Waals surface area contributed by atoms with Gasteiger partial charge in [-0.3, -0.25) is 4.57 Å². The summed E-state index contributed by atoms with van der Waals surface area (Å²) in [6, 6.07) is 11.9. The molecular weight excluding hydrogens is 279 g/mol. The van der Waals surface area contributed by atoms with Crippen molar-refractivity contribution >= 4 is 18.0 Å². The van der Waals surface area contributed by atoms with Crippen LogP contribution < -0.4 is 10.6 Å². The molecule has 112 valence electrons. The maximum atomic E-state index is 13.8. The second-order valence-electron chi connectivity index (χ2n) is 5.50. The van der Waals surface area contributed by atoms with Crippen LogP contribution >= 0.6 is 7.37 Å². The quantitative estimate of drug-likeness (QED) is 0.792. The van der Waals surface area contributed by atoms with E-state index in [0.29, 0.717) is 6.61 Å². The van der Waals surface area contributed by atoms with Gasteiger partial charge in [0.1, 0.15) is 0 Å². The summed E-state index contributed by atoms with van der Waals surface area (Å²) in [7, 11) is -3.06. The molecule has 2 nitrogen and oxygen atoms in total. The van der Waals surface area contributed by atoms with Gasteiger partial charge in [-0.2, -0.15) is 0 Å². The molecule has 3 heteroatoms. The minimum absolute atomic E-state index is 0.429. The van der Waals surface area contributed by atoms with Gasteiger partial charge >= 0.3 is 0 Å². The normalized spacial score (nSPS) is 14.0. The first-order chi connectivity index (χ1) is 9.90. The first kappa shape index (κ1) is 16.0. The summed E-state index contributed by atoms with van der Waals surface area (Å²) in [5, 5.41) is 1.66. The molecule has 0 bridgehead atoms. The molecule has 0 spiro atoms. The third-order valence-electron chi connectivity index (χ3n) is 3.67. The molecule has 21 heavy (non-hydrogen) atoms. The zero-order valence-electron chi connectivity index (χ0n) is 13.4. The van der Waals surface area contributed by atoms with Crippen LogP contribution in [0.25, 0.3) is 0 Å². The van der Waals surface area contributed by atoms with Crippen molar-refractivity contribution in [1.29, 1.82) is 0 Å². The van der Waals surface area contributed by atoms with Crippen molar-refractivity contribution in [3.05, 3.63) is 58.7 Å². The van der Waals surface area contributed by atoms with E-state index in [1.54, 1.807) is 0 Å². The van der Waals surface area contributed by atoms with Gasteiger partial charge in [-0.1, -0.05) is 35.9 Å². The third-order valence-corrected chi connectivity index (χ3v) is 6.73. The first-order valence-electron chi connectivity index (χ1n) is 7.29. The molecule has 0 fully saturated rings. The molecule has 2 aromatic carbocycles. The van der Waals surface area contributed by atoms with E-state index in [1.165, 1.54) is 5.56 Å². The molecule has 1 unspecified atom stereocenters. The van der Waals surface area contributed by atoms with Crippen molar-refractivity contribution in [2.75, 3.05) is 6.61 Å². The zero-order valence-corrected chi connectivity index (χ0v) is 14.3. The highest BCUT2D eigenvalue weighted by molar-refractivity contribution is 7.74. The number of aryl methyl sites for hydroxylation is 4. The third kappa shape index (κ3) is 2.97. The summed E-state index contributed by atoms with van der Waals surface area (Å²) < 4.78 is 19.6. The second kappa shape index (κ2) is 6.17. The van der Waals surface area contributed by atoms with Crippen LogP contribution in [-0.4, -0.2) is 6.61 Å². The van der Waals surface area contributed by atoms with E-state index in [2.05, 4.69) is 19.1 Å². The van der Waals surface area contributed by atoms with E-state index in [9.17, 15) is 4.57 Å². The number of hydrogen-bond acceptors (Lipinski definition) is 2. The van der Waals surface area contributed by atoms with Gasteiger partial charge in [0.25, 0.3) is 7.37 Å². The Bertz CT molecular complexity index is 681. The minimum Gasteiger partial charge on any atom is -0.322 e. The van der Waals surface area contributed by atoms with Gasteiger partial charge in [0, 0.05) is 10.6 Å². The molecule has 0 aliphatic rings. The maximum Gasteiger partial charge on any atom is 0.262 e. The lowest BCUT2D eigenvalue weighted by atomic mass is 10.1. The Morgan fingerprint density at radius 1 is 0.952 bits per heavy atom. The Labute approximate surface area is 127 Å². The van der Waals surface area contributed by atoms with Crippen molar-refractivity contribution in [2.45, 2.75) is 34.6 Å². The van der Waals surface area contributed by atoms with Crippen LogP contribution in [0, 0.1) is 27.7 Å². The van der Waals surface area contributed by atoms with E-state index in [1.807, 2.05) is 52.0 Å². The molecule has 0 heterocycles. The Morgan fingerprint density at radius 3 is 2.05 bits per heavy atom. The predicted octanol–water partition coefficient (Wildman–Crippen LogP) is 4.19. The van der Waals surface area contributed by atoms with Gasteiger partial charge in [0.15, 0.2) is 0 Å². The molecule has 0 saturated heterocycles. The monoisotopic (exact) mass is 302 g/mol. The van der Waals surface area contributed by atoms with Crippen LogP contribution in [0.3, 0.4) is 0 Å². The number of hydrogen-bond donors (Lipinski definition) is 0. The topological polar surface area (TPSA) is 26.3 Å². The molecule has 0 saturated carbocycles. The Balaban J connectivity index is 2.76. The van der Waals surface area contributed by atoms with E-state index in [4.69, 9.17) is 4.52 Å². The molecule has 2 aromatic rings. The van der Waals surface area contributed by atoms with E-state index in [-0.39, 0.29) is 0 Å². The minimum atomic E-state index is -3.06. The SMILES string of the molecule is CCOP(=O)(c1ccccc1C)c1c(C)cc(C)cc1C. The fraction of sp³-hybridized carbons (Fsp3) is 0.333. The lowest BCUT2D eigenvalue weighted by molar-refractivity contribution is 0.348. The Morgan fingerprint density at radius 2 is 1.52 bits per heavy atom. The lowest BCUT2D eigenvalue weighted by Gasteiger charge is -2.24. The molecule has 0 aromatic heterocycles. The van der Waals surface area contributed by atoms with E-state index >= 15 is 0 Å². The average Bonchev–Trinajstić information content (AvgIpc) is 2.37. The molecule has 0 aliphatic heterocycles. The fourth-order valence-corrected chi connectivity index (χ4v) is 5.72. The summed E-state index contributed by atoms with van der Waals surface area (Å²) in [6.45, 7) is 10.4. The standard InChI is InChI=1S/C18H23O2P/c1-6-20-21(19,17-10-8-7-9-14(17)3)18-15(4)11-13(2)12-16(18)5/h7-12H,6H2,1-5H3. The first-order valence-corrected chi connectivity index (χ1v) is 8.91. The van der Waals surface area contributed by atoms with Crippen molar-refractivity contribution in [3.8, 4) is 0 Å². The van der Waals surface area contributed by atoms with Gasteiger partial charge in [-0.15, -0.1) is 0 Å². The van der Waals surface area contributed by atoms with Crippen LogP contribution in [-0.2, 0) is 9.09 Å². The molecule has 0 radical (unpaired) electrons. The summed E-state index contributed by atoms with van der Waals surface area (Å²) in [5.41, 5.74) is 4.26. The summed E-state index contributed by atoms with van der Waals surface area (Å²) in [6.07, 6.45) is 0. The van der Waals surface area contributed by atoms with Crippen LogP contribution in [0.4, 0.5) is 0 Å². The average molecular weight is 302 g/mol. The summed E-state index contributed by atoms with van der Waals surface area (Å²) in [5.74, 6) is 0. The molecule has 2 rings (SSSR count). The van der Waals surface area contributed by atoms with Gasteiger partial charge in [-0.05, 0) is 57.4 Å². The van der Waals surface area contributed by atoms with Crippen LogP contribution in [0.15, 0.2) is 36.4 Å². The van der Waals surface area contributed by atoms with Crippen molar-refractivity contribution < 1.29 is 9.09 Å². The predicted molar refractivity (Wildman–Crippen MR) is 90.3 cm³/mol. The van der Waals surface area contributed by atoms with Gasteiger partial charge in [0.2, 0.25) is 0 Å². The van der Waals surface area contributed by atoms with Gasteiger partial charge in [0.05, 0.1) is 6.61 Å². The molecule has 0 aliphatic carbocycles. The number of rotatable bonds is 4. The van der Waals surface area contributed by atoms with Crippen LogP contribution in [0.5, 0.6) is 0 Å². The van der Waals surface area contributed by atoms with Crippen molar-refractivity contribution in [2.24, 2.45) is 0 Å². The molecule has 0 N–H and O–H groups in total. The number of benzene rings is 2. The van der Waals surface area contributed by atoms with E-state index < -0.39 is 7.37 Å².